The van der Waals surface area contributed by atoms with Gasteiger partial charge in [-0.2, -0.15) is 0 Å². The number of fused-ring (bicyclic) bond motifs is 3. The Labute approximate surface area is 181 Å². The van der Waals surface area contributed by atoms with Crippen LogP contribution >= 0.6 is 0 Å². The highest BCUT2D eigenvalue weighted by Crippen LogP contribution is 2.44. The highest BCUT2D eigenvalue weighted by atomic mass is 16.5. The summed E-state index contributed by atoms with van der Waals surface area (Å²) in [4.78, 5) is 35.8. The highest BCUT2D eigenvalue weighted by molar-refractivity contribution is 5.86. The molecule has 1 atom stereocenters. The van der Waals surface area contributed by atoms with Crippen molar-refractivity contribution in [2.45, 2.75) is 39.2 Å². The number of benzene rings is 2. The zero-order valence-electron chi connectivity index (χ0n) is 18.0. The third-order valence-electron chi connectivity index (χ3n) is 5.37. The second-order valence-corrected chi connectivity index (χ2v) is 8.70. The topological polar surface area (TPSA) is 105 Å². The molecule has 1 aliphatic carbocycles. The highest BCUT2D eigenvalue weighted by Gasteiger charge is 2.34. The molecule has 0 radical (unpaired) electrons. The molecule has 31 heavy (non-hydrogen) atoms. The van der Waals surface area contributed by atoms with E-state index < -0.39 is 29.4 Å². The van der Waals surface area contributed by atoms with E-state index in [2.05, 4.69) is 22.8 Å². The van der Waals surface area contributed by atoms with E-state index in [1.165, 1.54) is 0 Å². The molecule has 0 unspecified atom stereocenters. The molecule has 0 fully saturated rings. The summed E-state index contributed by atoms with van der Waals surface area (Å²) in [7, 11) is 0. The van der Waals surface area contributed by atoms with Crippen LogP contribution in [0.4, 0.5) is 4.79 Å². The molecule has 7 nitrogen and oxygen atoms in total. The number of amides is 2. The van der Waals surface area contributed by atoms with Crippen molar-refractivity contribution in [3.05, 3.63) is 59.7 Å². The second kappa shape index (κ2) is 9.20. The minimum atomic E-state index is -1.00. The van der Waals surface area contributed by atoms with Crippen LogP contribution in [0.1, 0.15) is 44.2 Å². The minimum absolute atomic E-state index is 0.00683. The zero-order valence-corrected chi connectivity index (χ0v) is 18.0. The summed E-state index contributed by atoms with van der Waals surface area (Å²) in [5.41, 5.74) is 3.90. The number of carbonyl (C=O) groups is 3. The first-order valence-corrected chi connectivity index (χ1v) is 10.3. The first-order chi connectivity index (χ1) is 14.7. The van der Waals surface area contributed by atoms with Gasteiger partial charge < -0.3 is 20.5 Å². The van der Waals surface area contributed by atoms with Crippen LogP contribution in [-0.4, -0.2) is 42.3 Å². The Hall–Kier alpha value is -3.35. The number of alkyl carbamates (subject to hydrolysis) is 1. The van der Waals surface area contributed by atoms with Gasteiger partial charge >= 0.3 is 12.1 Å². The molecule has 0 aliphatic heterocycles. The molecule has 2 amide bonds. The lowest BCUT2D eigenvalue weighted by Gasteiger charge is -2.30. The van der Waals surface area contributed by atoms with Crippen molar-refractivity contribution in [1.29, 1.82) is 0 Å². The van der Waals surface area contributed by atoms with Crippen molar-refractivity contribution in [3.8, 4) is 11.1 Å². The van der Waals surface area contributed by atoms with Crippen LogP contribution in [-0.2, 0) is 14.3 Å². The second-order valence-electron chi connectivity index (χ2n) is 8.70. The molecular weight excluding hydrogens is 396 g/mol. The number of hydrogen-bond acceptors (Lipinski definition) is 4. The van der Waals surface area contributed by atoms with E-state index >= 15 is 0 Å². The van der Waals surface area contributed by atoms with Crippen LogP contribution in [0, 0.1) is 5.41 Å². The molecule has 0 aromatic heterocycles. The Balaban J connectivity index is 1.66. The molecule has 3 rings (SSSR count). The summed E-state index contributed by atoms with van der Waals surface area (Å²) in [5, 5.41) is 13.9. The molecule has 1 aliphatic rings. The van der Waals surface area contributed by atoms with Gasteiger partial charge in [0.05, 0.1) is 6.42 Å². The van der Waals surface area contributed by atoms with Crippen LogP contribution in [0.5, 0.6) is 0 Å². The van der Waals surface area contributed by atoms with Gasteiger partial charge in [0.2, 0.25) is 5.91 Å². The fourth-order valence-electron chi connectivity index (χ4n) is 3.83. The van der Waals surface area contributed by atoms with Gasteiger partial charge in [-0.05, 0) is 27.7 Å². The van der Waals surface area contributed by atoms with E-state index in [0.717, 1.165) is 22.3 Å². The van der Waals surface area contributed by atoms with Crippen LogP contribution in [0.25, 0.3) is 11.1 Å². The average Bonchev–Trinajstić information content (AvgIpc) is 3.03. The Morgan fingerprint density at radius 1 is 1.00 bits per heavy atom. The van der Waals surface area contributed by atoms with Crippen LogP contribution in [0.3, 0.4) is 0 Å². The molecule has 0 spiro atoms. The number of carbonyl (C=O) groups excluding carboxylic acids is 2. The van der Waals surface area contributed by atoms with Crippen molar-refractivity contribution in [2.24, 2.45) is 5.41 Å². The monoisotopic (exact) mass is 424 g/mol. The normalized spacial score (nSPS) is 13.6. The standard InChI is InChI=1S/C24H28N2O5/c1-24(2,3)21(22(29)25-13-12-20(27)28)26-23(30)31-14-19-17-10-6-4-8-15(17)16-9-5-7-11-18(16)19/h4-11,19,21H,12-14H2,1-3H3,(H,25,29)(H,26,30)(H,27,28)/t21-/m1/s1. The van der Waals surface area contributed by atoms with Gasteiger partial charge in [0.1, 0.15) is 12.6 Å². The number of aliphatic carboxylic acids is 1. The third kappa shape index (κ3) is 5.23. The first kappa shape index (κ1) is 22.3. The number of hydrogen-bond donors (Lipinski definition) is 3. The van der Waals surface area contributed by atoms with E-state index in [1.807, 2.05) is 57.2 Å². The van der Waals surface area contributed by atoms with Crippen molar-refractivity contribution in [1.82, 2.24) is 10.6 Å². The summed E-state index contributed by atoms with van der Waals surface area (Å²) in [6.07, 6.45) is -0.872. The predicted octanol–water partition coefficient (Wildman–Crippen LogP) is 3.53. The summed E-state index contributed by atoms with van der Waals surface area (Å²) in [6.45, 7) is 5.60. The van der Waals surface area contributed by atoms with E-state index in [1.54, 1.807) is 0 Å². The maximum Gasteiger partial charge on any atom is 0.407 e. The summed E-state index contributed by atoms with van der Waals surface area (Å²) in [6, 6.07) is 15.2. The maximum absolute atomic E-state index is 12.6. The van der Waals surface area contributed by atoms with Crippen molar-refractivity contribution < 1.29 is 24.2 Å². The van der Waals surface area contributed by atoms with Gasteiger partial charge in [-0.3, -0.25) is 9.59 Å². The lowest BCUT2D eigenvalue weighted by Crippen LogP contribution is -2.54. The number of carboxylic acids is 1. The molecule has 0 saturated heterocycles. The molecule has 2 aromatic carbocycles. The molecule has 0 bridgehead atoms. The molecule has 0 heterocycles. The quantitative estimate of drug-likeness (QED) is 0.631. The van der Waals surface area contributed by atoms with E-state index in [9.17, 15) is 14.4 Å². The van der Waals surface area contributed by atoms with Crippen molar-refractivity contribution >= 4 is 18.0 Å². The SMILES string of the molecule is CC(C)(C)[C@H](NC(=O)OCC1c2ccccc2-c2ccccc21)C(=O)NCCC(=O)O. The van der Waals surface area contributed by atoms with E-state index in [4.69, 9.17) is 9.84 Å². The lowest BCUT2D eigenvalue weighted by molar-refractivity contribution is -0.137. The summed E-state index contributed by atoms with van der Waals surface area (Å²) in [5.74, 6) is -1.52. The fraction of sp³-hybridized carbons (Fsp3) is 0.375. The number of carboxylic acid groups (broad SMARTS) is 1. The maximum atomic E-state index is 12.6. The Bertz CT molecular complexity index is 934. The summed E-state index contributed by atoms with van der Waals surface area (Å²) >= 11 is 0. The fourth-order valence-corrected chi connectivity index (χ4v) is 3.83. The Morgan fingerprint density at radius 3 is 2.06 bits per heavy atom. The lowest BCUT2D eigenvalue weighted by atomic mass is 9.86. The Kier molecular flexibility index (Phi) is 6.63. The van der Waals surface area contributed by atoms with E-state index in [0.29, 0.717) is 0 Å². The van der Waals surface area contributed by atoms with Crippen LogP contribution < -0.4 is 10.6 Å². The van der Waals surface area contributed by atoms with Crippen LogP contribution in [0.15, 0.2) is 48.5 Å². The molecule has 7 heteroatoms. The predicted molar refractivity (Wildman–Crippen MR) is 117 cm³/mol. The Morgan fingerprint density at radius 2 is 1.55 bits per heavy atom. The van der Waals surface area contributed by atoms with Gasteiger partial charge in [0.25, 0.3) is 0 Å². The molecule has 2 aromatic rings. The molecule has 0 saturated carbocycles. The number of rotatable bonds is 7. The molecule has 164 valence electrons. The minimum Gasteiger partial charge on any atom is -0.481 e. The van der Waals surface area contributed by atoms with E-state index in [-0.39, 0.29) is 25.5 Å². The summed E-state index contributed by atoms with van der Waals surface area (Å²) < 4.78 is 5.53. The van der Waals surface area contributed by atoms with Crippen LogP contribution in [0.2, 0.25) is 0 Å². The largest absolute Gasteiger partial charge is 0.481 e. The third-order valence-corrected chi connectivity index (χ3v) is 5.37. The molecule has 3 N–H and O–H groups in total. The average molecular weight is 424 g/mol. The van der Waals surface area contributed by atoms with Gasteiger partial charge in [-0.1, -0.05) is 69.3 Å². The zero-order chi connectivity index (χ0) is 22.6. The first-order valence-electron chi connectivity index (χ1n) is 10.3. The van der Waals surface area contributed by atoms with Gasteiger partial charge in [-0.15, -0.1) is 0 Å². The van der Waals surface area contributed by atoms with Gasteiger partial charge in [0.15, 0.2) is 0 Å². The van der Waals surface area contributed by atoms with Crippen molar-refractivity contribution in [2.75, 3.05) is 13.2 Å². The van der Waals surface area contributed by atoms with Gasteiger partial charge in [-0.25, -0.2) is 4.79 Å². The molecular formula is C24H28N2O5. The van der Waals surface area contributed by atoms with Crippen molar-refractivity contribution in [3.63, 3.8) is 0 Å². The smallest absolute Gasteiger partial charge is 0.407 e. The number of nitrogens with one attached hydrogen (secondary N) is 2. The number of ether oxygens (including phenoxy) is 1. The van der Waals surface area contributed by atoms with Gasteiger partial charge in [0, 0.05) is 12.5 Å².